The van der Waals surface area contributed by atoms with Crippen molar-refractivity contribution in [3.63, 3.8) is 0 Å². The number of hydrogen-bond donors (Lipinski definition) is 1. The van der Waals surface area contributed by atoms with Crippen LogP contribution in [0.3, 0.4) is 0 Å². The number of rotatable bonds is 2. The first-order chi connectivity index (χ1) is 6.77. The Labute approximate surface area is 82.3 Å². The third-order valence-electron chi connectivity index (χ3n) is 1.54. The molecule has 1 N–H and O–H groups in total. The number of halogens is 1. The van der Waals surface area contributed by atoms with Gasteiger partial charge in [0.1, 0.15) is 18.2 Å². The lowest BCUT2D eigenvalue weighted by molar-refractivity contribution is 0.338. The lowest BCUT2D eigenvalue weighted by Crippen LogP contribution is -1.95. The Bertz CT molecular complexity index is 363. The summed E-state index contributed by atoms with van der Waals surface area (Å²) >= 11 is 0. The molecule has 1 aromatic rings. The second-order valence-corrected chi connectivity index (χ2v) is 2.53. The second kappa shape index (κ2) is 5.25. The average Bonchev–Trinajstić information content (AvgIpc) is 2.18. The van der Waals surface area contributed by atoms with Crippen LogP contribution in [0.15, 0.2) is 18.2 Å². The Morgan fingerprint density at radius 2 is 2.29 bits per heavy atom. The molecule has 0 heterocycles. The third-order valence-corrected chi connectivity index (χ3v) is 1.54. The van der Waals surface area contributed by atoms with Crippen molar-refractivity contribution in [2.45, 2.75) is 6.92 Å². The highest BCUT2D eigenvalue weighted by Gasteiger charge is 2.01. The summed E-state index contributed by atoms with van der Waals surface area (Å²) in [5.41, 5.74) is 0.459. The Morgan fingerprint density at radius 3 is 2.93 bits per heavy atom. The van der Waals surface area contributed by atoms with E-state index in [-0.39, 0.29) is 12.4 Å². The normalized spacial score (nSPS) is 9.07. The van der Waals surface area contributed by atoms with Crippen LogP contribution >= 0.6 is 0 Å². The van der Waals surface area contributed by atoms with Gasteiger partial charge in [-0.2, -0.15) is 0 Å². The maximum absolute atomic E-state index is 12.8. The van der Waals surface area contributed by atoms with Crippen molar-refractivity contribution in [3.05, 3.63) is 29.6 Å². The maximum Gasteiger partial charge on any atom is 0.135 e. The molecule has 0 radical (unpaired) electrons. The molecule has 0 bridgehead atoms. The molecule has 1 rings (SSSR count). The van der Waals surface area contributed by atoms with Crippen LogP contribution in [0.1, 0.15) is 12.5 Å². The molecule has 0 spiro atoms. The predicted molar refractivity (Wildman–Crippen MR) is 51.5 cm³/mol. The van der Waals surface area contributed by atoms with E-state index in [0.717, 1.165) is 0 Å². The zero-order valence-electron chi connectivity index (χ0n) is 7.88. The van der Waals surface area contributed by atoms with E-state index in [4.69, 9.17) is 9.84 Å². The SMILES string of the molecule is CCOc1ccc(F)cc1C#CCO. The van der Waals surface area contributed by atoms with Crippen molar-refractivity contribution in [2.75, 3.05) is 13.2 Å². The monoisotopic (exact) mass is 194 g/mol. The highest BCUT2D eigenvalue weighted by atomic mass is 19.1. The first-order valence-corrected chi connectivity index (χ1v) is 4.30. The maximum atomic E-state index is 12.8. The number of aliphatic hydroxyl groups excluding tert-OH is 1. The summed E-state index contributed by atoms with van der Waals surface area (Å²) in [6.07, 6.45) is 0. The number of benzene rings is 1. The molecule has 0 amide bonds. The van der Waals surface area contributed by atoms with E-state index in [1.807, 2.05) is 6.92 Å². The molecule has 0 saturated carbocycles. The Kier molecular flexibility index (Phi) is 3.96. The molecule has 0 aliphatic heterocycles. The van der Waals surface area contributed by atoms with Gasteiger partial charge in [0.05, 0.1) is 12.2 Å². The second-order valence-electron chi connectivity index (χ2n) is 2.53. The summed E-state index contributed by atoms with van der Waals surface area (Å²) in [4.78, 5) is 0. The zero-order valence-corrected chi connectivity index (χ0v) is 7.88. The quantitative estimate of drug-likeness (QED) is 0.724. The van der Waals surface area contributed by atoms with Crippen LogP contribution in [0, 0.1) is 17.7 Å². The molecule has 74 valence electrons. The molecule has 0 fully saturated rings. The van der Waals surface area contributed by atoms with Crippen molar-refractivity contribution in [1.82, 2.24) is 0 Å². The summed E-state index contributed by atoms with van der Waals surface area (Å²) in [7, 11) is 0. The molecule has 0 unspecified atom stereocenters. The van der Waals surface area contributed by atoms with Gasteiger partial charge in [-0.15, -0.1) is 0 Å². The first-order valence-electron chi connectivity index (χ1n) is 4.30. The van der Waals surface area contributed by atoms with Crippen molar-refractivity contribution >= 4 is 0 Å². The molecular weight excluding hydrogens is 183 g/mol. The van der Waals surface area contributed by atoms with Crippen molar-refractivity contribution in [1.29, 1.82) is 0 Å². The number of hydrogen-bond acceptors (Lipinski definition) is 2. The largest absolute Gasteiger partial charge is 0.493 e. The fourth-order valence-corrected chi connectivity index (χ4v) is 1.02. The van der Waals surface area contributed by atoms with E-state index in [2.05, 4.69) is 11.8 Å². The molecule has 0 saturated heterocycles. The minimum Gasteiger partial charge on any atom is -0.493 e. The third kappa shape index (κ3) is 2.75. The predicted octanol–water partition coefficient (Wildman–Crippen LogP) is 1.57. The molecular formula is C11H11FO2. The molecule has 0 aliphatic rings. The van der Waals surface area contributed by atoms with Gasteiger partial charge in [0.2, 0.25) is 0 Å². The summed E-state index contributed by atoms with van der Waals surface area (Å²) < 4.78 is 18.1. The highest BCUT2D eigenvalue weighted by Crippen LogP contribution is 2.18. The Balaban J connectivity index is 3.02. The van der Waals surface area contributed by atoms with Gasteiger partial charge in [-0.25, -0.2) is 4.39 Å². The lowest BCUT2D eigenvalue weighted by atomic mass is 10.2. The molecule has 1 aromatic carbocycles. The molecule has 3 heteroatoms. The van der Waals surface area contributed by atoms with Crippen LogP contribution in [0.2, 0.25) is 0 Å². The fraction of sp³-hybridized carbons (Fsp3) is 0.273. The van der Waals surface area contributed by atoms with E-state index in [1.165, 1.54) is 18.2 Å². The minimum absolute atomic E-state index is 0.248. The molecule has 14 heavy (non-hydrogen) atoms. The molecule has 0 aliphatic carbocycles. The highest BCUT2D eigenvalue weighted by molar-refractivity contribution is 5.46. The van der Waals surface area contributed by atoms with E-state index < -0.39 is 0 Å². The van der Waals surface area contributed by atoms with Crippen molar-refractivity contribution < 1.29 is 14.2 Å². The summed E-state index contributed by atoms with van der Waals surface area (Å²) in [5, 5.41) is 8.51. The zero-order chi connectivity index (χ0) is 10.4. The van der Waals surface area contributed by atoms with Gasteiger partial charge in [0.25, 0.3) is 0 Å². The molecule has 0 atom stereocenters. The van der Waals surface area contributed by atoms with E-state index in [9.17, 15) is 4.39 Å². The van der Waals surface area contributed by atoms with Crippen LogP contribution in [0.4, 0.5) is 4.39 Å². The van der Waals surface area contributed by atoms with Gasteiger partial charge >= 0.3 is 0 Å². The van der Waals surface area contributed by atoms with E-state index in [1.54, 1.807) is 0 Å². The first kappa shape index (κ1) is 10.6. The van der Waals surface area contributed by atoms with Gasteiger partial charge in [0, 0.05) is 0 Å². The number of aliphatic hydroxyl groups is 1. The van der Waals surface area contributed by atoms with E-state index in [0.29, 0.717) is 17.9 Å². The summed E-state index contributed by atoms with van der Waals surface area (Å²) in [6.45, 7) is 2.09. The van der Waals surface area contributed by atoms with Crippen LogP contribution in [0.5, 0.6) is 5.75 Å². The Hall–Kier alpha value is -1.53. The van der Waals surface area contributed by atoms with Crippen molar-refractivity contribution in [3.8, 4) is 17.6 Å². The Morgan fingerprint density at radius 1 is 1.50 bits per heavy atom. The minimum atomic E-state index is -0.365. The summed E-state index contributed by atoms with van der Waals surface area (Å²) in [5.74, 6) is 5.24. The fourth-order valence-electron chi connectivity index (χ4n) is 1.02. The van der Waals surface area contributed by atoms with Gasteiger partial charge in [-0.3, -0.25) is 0 Å². The van der Waals surface area contributed by atoms with Crippen molar-refractivity contribution in [2.24, 2.45) is 0 Å². The number of ether oxygens (including phenoxy) is 1. The van der Waals surface area contributed by atoms with Gasteiger partial charge in [0.15, 0.2) is 0 Å². The van der Waals surface area contributed by atoms with Crippen LogP contribution in [-0.4, -0.2) is 18.3 Å². The summed E-state index contributed by atoms with van der Waals surface area (Å²) in [6, 6.07) is 4.13. The smallest absolute Gasteiger partial charge is 0.135 e. The average molecular weight is 194 g/mol. The van der Waals surface area contributed by atoms with Crippen LogP contribution in [-0.2, 0) is 0 Å². The van der Waals surface area contributed by atoms with Crippen LogP contribution < -0.4 is 4.74 Å². The van der Waals surface area contributed by atoms with Gasteiger partial charge < -0.3 is 9.84 Å². The lowest BCUT2D eigenvalue weighted by Gasteiger charge is -2.04. The molecule has 2 nitrogen and oxygen atoms in total. The van der Waals surface area contributed by atoms with E-state index >= 15 is 0 Å². The van der Waals surface area contributed by atoms with Gasteiger partial charge in [-0.05, 0) is 25.1 Å². The van der Waals surface area contributed by atoms with Gasteiger partial charge in [-0.1, -0.05) is 11.8 Å². The van der Waals surface area contributed by atoms with Crippen LogP contribution in [0.25, 0.3) is 0 Å². The topological polar surface area (TPSA) is 29.5 Å². The standard InChI is InChI=1S/C11H11FO2/c1-2-14-11-6-5-10(12)8-9(11)4-3-7-13/h5-6,8,13H,2,7H2,1H3. The molecule has 0 aromatic heterocycles.